The minimum atomic E-state index is -2.83. The molecule has 0 heterocycles. The zero-order valence-corrected chi connectivity index (χ0v) is 7.58. The van der Waals surface area contributed by atoms with Crippen LogP contribution >= 0.6 is 0 Å². The van der Waals surface area contributed by atoms with Gasteiger partial charge in [-0.25, -0.2) is 6.57 Å². The molecule has 0 amide bonds. The van der Waals surface area contributed by atoms with Gasteiger partial charge in [0.05, 0.1) is 0 Å². The van der Waals surface area contributed by atoms with Crippen molar-refractivity contribution in [2.45, 2.75) is 19.6 Å². The summed E-state index contributed by atoms with van der Waals surface area (Å²) in [5, 5.41) is 0. The van der Waals surface area contributed by atoms with E-state index in [0.717, 1.165) is 0 Å². The van der Waals surface area contributed by atoms with Crippen molar-refractivity contribution in [2.75, 3.05) is 0 Å². The summed E-state index contributed by atoms with van der Waals surface area (Å²) in [7, 11) is 0. The molecule has 0 saturated heterocycles. The van der Waals surface area contributed by atoms with E-state index in [-0.39, 0.29) is 11.8 Å². The van der Waals surface area contributed by atoms with Gasteiger partial charge in [0.2, 0.25) is 6.04 Å². The van der Waals surface area contributed by atoms with E-state index < -0.39 is 6.61 Å². The van der Waals surface area contributed by atoms with Crippen LogP contribution in [0.15, 0.2) is 24.3 Å². The van der Waals surface area contributed by atoms with E-state index in [0.29, 0.717) is 5.56 Å². The Labute approximate surface area is 80.9 Å². The molecule has 1 unspecified atom stereocenters. The first kappa shape index (κ1) is 10.5. The molecule has 1 aromatic carbocycles. The van der Waals surface area contributed by atoms with E-state index in [1.165, 1.54) is 12.1 Å². The lowest BCUT2D eigenvalue weighted by Crippen LogP contribution is -2.02. The van der Waals surface area contributed by atoms with Gasteiger partial charge in [-0.15, -0.1) is 0 Å². The number of ether oxygens (including phenoxy) is 1. The second-order valence-corrected chi connectivity index (χ2v) is 2.76. The number of benzene rings is 1. The maximum Gasteiger partial charge on any atom is 0.387 e. The van der Waals surface area contributed by atoms with Crippen LogP contribution in [0.25, 0.3) is 4.85 Å². The molecule has 4 heteroatoms. The molecule has 14 heavy (non-hydrogen) atoms. The number of alkyl halides is 2. The molecule has 0 radical (unpaired) electrons. The number of halogens is 2. The van der Waals surface area contributed by atoms with Gasteiger partial charge in [-0.05, 0) is 12.1 Å². The van der Waals surface area contributed by atoms with Crippen molar-refractivity contribution in [3.8, 4) is 5.75 Å². The Balaban J connectivity index is 2.85. The van der Waals surface area contributed by atoms with Crippen molar-refractivity contribution < 1.29 is 13.5 Å². The van der Waals surface area contributed by atoms with Gasteiger partial charge in [0, 0.05) is 12.5 Å². The second-order valence-electron chi connectivity index (χ2n) is 2.76. The molecule has 0 aliphatic rings. The highest BCUT2D eigenvalue weighted by atomic mass is 19.3. The van der Waals surface area contributed by atoms with Crippen LogP contribution in [0.2, 0.25) is 0 Å². The molecule has 0 spiro atoms. The molecule has 2 nitrogen and oxygen atoms in total. The zero-order valence-electron chi connectivity index (χ0n) is 7.58. The highest BCUT2D eigenvalue weighted by Crippen LogP contribution is 2.22. The van der Waals surface area contributed by atoms with E-state index in [2.05, 4.69) is 9.58 Å². The average molecular weight is 197 g/mol. The second kappa shape index (κ2) is 4.56. The third-order valence-electron chi connectivity index (χ3n) is 1.76. The first-order valence-electron chi connectivity index (χ1n) is 4.05. The van der Waals surface area contributed by atoms with Crippen LogP contribution in [0, 0.1) is 6.57 Å². The molecular weight excluding hydrogens is 188 g/mol. The normalized spacial score (nSPS) is 12.2. The average Bonchev–Trinajstić information content (AvgIpc) is 2.16. The maximum atomic E-state index is 11.9. The summed E-state index contributed by atoms with van der Waals surface area (Å²) in [6.07, 6.45) is 0. The number of nitrogens with zero attached hydrogens (tertiary/aromatic N) is 1. The minimum absolute atomic E-state index is 0.0907. The third-order valence-corrected chi connectivity index (χ3v) is 1.76. The van der Waals surface area contributed by atoms with Gasteiger partial charge in [-0.3, -0.25) is 0 Å². The molecule has 1 aromatic rings. The number of hydrogen-bond donors (Lipinski definition) is 0. The summed E-state index contributed by atoms with van der Waals surface area (Å²) in [5.74, 6) is 0.0907. The fourth-order valence-electron chi connectivity index (χ4n) is 1.03. The molecule has 74 valence electrons. The van der Waals surface area contributed by atoms with Crippen molar-refractivity contribution >= 4 is 0 Å². The van der Waals surface area contributed by atoms with Gasteiger partial charge in [0.25, 0.3) is 0 Å². The van der Waals surface area contributed by atoms with Crippen molar-refractivity contribution in [1.29, 1.82) is 0 Å². The SMILES string of the molecule is [C-]#[N+]C(C)c1cccc(OC(F)F)c1. The first-order chi connectivity index (χ1) is 6.63. The van der Waals surface area contributed by atoms with Crippen LogP contribution in [0.1, 0.15) is 18.5 Å². The van der Waals surface area contributed by atoms with E-state index in [9.17, 15) is 8.78 Å². The van der Waals surface area contributed by atoms with E-state index in [4.69, 9.17) is 6.57 Å². The molecular formula is C10H9F2NO. The maximum absolute atomic E-state index is 11.9. The minimum Gasteiger partial charge on any atom is -0.435 e. The zero-order chi connectivity index (χ0) is 10.6. The lowest BCUT2D eigenvalue weighted by atomic mass is 10.1. The van der Waals surface area contributed by atoms with Crippen molar-refractivity contribution in [1.82, 2.24) is 0 Å². The Morgan fingerprint density at radius 3 is 2.71 bits per heavy atom. The van der Waals surface area contributed by atoms with Gasteiger partial charge in [-0.2, -0.15) is 8.78 Å². The van der Waals surface area contributed by atoms with Crippen LogP contribution in [0.4, 0.5) is 8.78 Å². The summed E-state index contributed by atoms with van der Waals surface area (Å²) in [6.45, 7) is 5.67. The Bertz CT molecular complexity index is 346. The predicted octanol–water partition coefficient (Wildman–Crippen LogP) is 3.27. The van der Waals surface area contributed by atoms with E-state index in [1.54, 1.807) is 19.1 Å². The fraction of sp³-hybridized carbons (Fsp3) is 0.300. The Kier molecular flexibility index (Phi) is 3.41. The van der Waals surface area contributed by atoms with Gasteiger partial charge < -0.3 is 9.58 Å². The molecule has 0 aliphatic heterocycles. The van der Waals surface area contributed by atoms with Crippen LogP contribution in [-0.2, 0) is 0 Å². The molecule has 0 bridgehead atoms. The summed E-state index contributed by atoms with van der Waals surface area (Å²) < 4.78 is 27.9. The van der Waals surface area contributed by atoms with Gasteiger partial charge in [-0.1, -0.05) is 12.1 Å². The standard InChI is InChI=1S/C10H9F2NO/c1-7(13-2)8-4-3-5-9(6-8)14-10(11)12/h3-7,10H,1H3. The van der Waals surface area contributed by atoms with Gasteiger partial charge in [0.15, 0.2) is 0 Å². The molecule has 1 rings (SSSR count). The van der Waals surface area contributed by atoms with E-state index >= 15 is 0 Å². The van der Waals surface area contributed by atoms with Crippen LogP contribution < -0.4 is 4.74 Å². The highest BCUT2D eigenvalue weighted by molar-refractivity contribution is 5.31. The largest absolute Gasteiger partial charge is 0.435 e. The first-order valence-corrected chi connectivity index (χ1v) is 4.05. The lowest BCUT2D eigenvalue weighted by molar-refractivity contribution is -0.0498. The van der Waals surface area contributed by atoms with Crippen LogP contribution in [0.3, 0.4) is 0 Å². The molecule has 0 aliphatic carbocycles. The fourth-order valence-corrected chi connectivity index (χ4v) is 1.03. The molecule has 0 N–H and O–H groups in total. The van der Waals surface area contributed by atoms with Crippen molar-refractivity contribution in [2.24, 2.45) is 0 Å². The summed E-state index contributed by atoms with van der Waals surface area (Å²) in [6, 6.07) is 5.85. The summed E-state index contributed by atoms with van der Waals surface area (Å²) in [5.41, 5.74) is 0.679. The van der Waals surface area contributed by atoms with Crippen LogP contribution in [-0.4, -0.2) is 6.61 Å². The topological polar surface area (TPSA) is 13.6 Å². The monoisotopic (exact) mass is 197 g/mol. The molecule has 0 saturated carbocycles. The number of hydrogen-bond acceptors (Lipinski definition) is 1. The summed E-state index contributed by atoms with van der Waals surface area (Å²) >= 11 is 0. The van der Waals surface area contributed by atoms with Gasteiger partial charge in [0.1, 0.15) is 5.75 Å². The molecule has 0 fully saturated rings. The number of rotatable bonds is 3. The van der Waals surface area contributed by atoms with Crippen molar-refractivity contribution in [3.05, 3.63) is 41.2 Å². The van der Waals surface area contributed by atoms with Crippen LogP contribution in [0.5, 0.6) is 5.75 Å². The quantitative estimate of drug-likeness (QED) is 0.678. The Morgan fingerprint density at radius 1 is 1.43 bits per heavy atom. The molecule has 1 atom stereocenters. The van der Waals surface area contributed by atoms with Gasteiger partial charge >= 0.3 is 6.61 Å². The Morgan fingerprint density at radius 2 is 2.14 bits per heavy atom. The highest BCUT2D eigenvalue weighted by Gasteiger charge is 2.10. The lowest BCUT2D eigenvalue weighted by Gasteiger charge is -2.05. The molecule has 0 aromatic heterocycles. The predicted molar refractivity (Wildman–Crippen MR) is 48.1 cm³/mol. The van der Waals surface area contributed by atoms with E-state index in [1.807, 2.05) is 0 Å². The smallest absolute Gasteiger partial charge is 0.387 e. The Hall–Kier alpha value is -1.63. The summed E-state index contributed by atoms with van der Waals surface area (Å²) in [4.78, 5) is 3.29. The third kappa shape index (κ3) is 2.70. The van der Waals surface area contributed by atoms with Crippen molar-refractivity contribution in [3.63, 3.8) is 0 Å².